The second kappa shape index (κ2) is 9.65. The molecule has 0 aliphatic heterocycles. The molecule has 6 heteroatoms. The quantitative estimate of drug-likeness (QED) is 0.762. The van der Waals surface area contributed by atoms with E-state index in [1.807, 2.05) is 37.3 Å². The predicted molar refractivity (Wildman–Crippen MR) is 100 cm³/mol. The first-order valence-electron chi connectivity index (χ1n) is 8.87. The van der Waals surface area contributed by atoms with Crippen molar-refractivity contribution in [2.75, 3.05) is 0 Å². The Morgan fingerprint density at radius 3 is 2.38 bits per heavy atom. The number of rotatable bonds is 8. The summed E-state index contributed by atoms with van der Waals surface area (Å²) in [6.45, 7) is 6.20. The van der Waals surface area contributed by atoms with Gasteiger partial charge in [0, 0.05) is 24.9 Å². The Morgan fingerprint density at radius 1 is 1.04 bits per heavy atom. The lowest BCUT2D eigenvalue weighted by atomic mass is 10.0. The molecule has 1 aromatic heterocycles. The maximum absolute atomic E-state index is 12.7. The predicted octanol–water partition coefficient (Wildman–Crippen LogP) is 2.37. The summed E-state index contributed by atoms with van der Waals surface area (Å²) in [5.41, 5.74) is 1.16. The van der Waals surface area contributed by atoms with Crippen LogP contribution < -0.4 is 10.6 Å². The topological polar surface area (TPSA) is 84.0 Å². The lowest BCUT2D eigenvalue weighted by Crippen LogP contribution is -2.50. The molecule has 1 heterocycles. The number of benzene rings is 1. The number of carbonyl (C=O) groups is 2. The molecule has 138 valence electrons. The van der Waals surface area contributed by atoms with Crippen molar-refractivity contribution in [1.29, 1.82) is 0 Å². The zero-order valence-corrected chi connectivity index (χ0v) is 15.5. The van der Waals surface area contributed by atoms with E-state index in [0.29, 0.717) is 12.3 Å². The van der Waals surface area contributed by atoms with Crippen LogP contribution in [0.5, 0.6) is 0 Å². The van der Waals surface area contributed by atoms with Crippen molar-refractivity contribution in [2.45, 2.75) is 45.7 Å². The van der Waals surface area contributed by atoms with Crippen LogP contribution in [0.1, 0.15) is 43.2 Å². The molecular weight excluding hydrogens is 328 g/mol. The van der Waals surface area contributed by atoms with Gasteiger partial charge in [-0.3, -0.25) is 14.6 Å². The number of nitrogens with one attached hydrogen (secondary N) is 2. The summed E-state index contributed by atoms with van der Waals surface area (Å²) in [7, 11) is 0. The Kier molecular flexibility index (Phi) is 7.26. The van der Waals surface area contributed by atoms with E-state index in [-0.39, 0.29) is 17.6 Å². The van der Waals surface area contributed by atoms with Crippen LogP contribution in [0.3, 0.4) is 0 Å². The lowest BCUT2D eigenvalue weighted by molar-refractivity contribution is -0.123. The SMILES string of the molecule is CC(C)C[C@@H](C)NC(=O)C(Cc1ccccc1)NC(=O)c1cnccn1. The van der Waals surface area contributed by atoms with E-state index in [1.54, 1.807) is 0 Å². The van der Waals surface area contributed by atoms with Crippen molar-refractivity contribution in [2.24, 2.45) is 5.92 Å². The molecule has 0 fully saturated rings. The molecule has 2 aromatic rings. The van der Waals surface area contributed by atoms with E-state index in [9.17, 15) is 9.59 Å². The highest BCUT2D eigenvalue weighted by Crippen LogP contribution is 2.07. The Hall–Kier alpha value is -2.76. The van der Waals surface area contributed by atoms with E-state index in [1.165, 1.54) is 18.6 Å². The minimum absolute atomic E-state index is 0.0363. The molecular formula is C20H26N4O2. The molecule has 0 radical (unpaired) electrons. The molecule has 0 saturated carbocycles. The van der Waals surface area contributed by atoms with Crippen LogP contribution in [0, 0.1) is 5.92 Å². The van der Waals surface area contributed by atoms with Crippen LogP contribution in [0.2, 0.25) is 0 Å². The molecule has 0 bridgehead atoms. The molecule has 0 saturated heterocycles. The molecule has 2 amide bonds. The summed E-state index contributed by atoms with van der Waals surface area (Å²) in [5, 5.41) is 5.79. The standard InChI is InChI=1S/C20H26N4O2/c1-14(2)11-15(3)23-19(25)17(12-16-7-5-4-6-8-16)24-20(26)18-13-21-9-10-22-18/h4-10,13-15,17H,11-12H2,1-3H3,(H,23,25)(H,24,26)/t15-,17?/m1/s1. The fraction of sp³-hybridized carbons (Fsp3) is 0.400. The maximum atomic E-state index is 12.7. The third-order valence-corrected chi connectivity index (χ3v) is 3.91. The van der Waals surface area contributed by atoms with Gasteiger partial charge in [-0.15, -0.1) is 0 Å². The van der Waals surface area contributed by atoms with Gasteiger partial charge in [0.2, 0.25) is 5.91 Å². The summed E-state index contributed by atoms with van der Waals surface area (Å²) < 4.78 is 0. The monoisotopic (exact) mass is 354 g/mol. The Bertz CT molecular complexity index is 704. The summed E-state index contributed by atoms with van der Waals surface area (Å²) in [6.07, 6.45) is 5.62. The van der Waals surface area contributed by atoms with Crippen LogP contribution in [-0.4, -0.2) is 33.9 Å². The van der Waals surface area contributed by atoms with Gasteiger partial charge in [0.05, 0.1) is 6.20 Å². The largest absolute Gasteiger partial charge is 0.352 e. The van der Waals surface area contributed by atoms with E-state index >= 15 is 0 Å². The van der Waals surface area contributed by atoms with Gasteiger partial charge < -0.3 is 10.6 Å². The molecule has 2 N–H and O–H groups in total. The number of amides is 2. The van der Waals surface area contributed by atoms with Crippen molar-refractivity contribution < 1.29 is 9.59 Å². The van der Waals surface area contributed by atoms with Gasteiger partial charge in [0.1, 0.15) is 11.7 Å². The molecule has 2 atom stereocenters. The van der Waals surface area contributed by atoms with E-state index in [4.69, 9.17) is 0 Å². The highest BCUT2D eigenvalue weighted by Gasteiger charge is 2.24. The maximum Gasteiger partial charge on any atom is 0.272 e. The molecule has 2 rings (SSSR count). The summed E-state index contributed by atoms with van der Waals surface area (Å²) >= 11 is 0. The highest BCUT2D eigenvalue weighted by atomic mass is 16.2. The van der Waals surface area contributed by atoms with Gasteiger partial charge >= 0.3 is 0 Å². The Labute approximate surface area is 154 Å². The zero-order valence-electron chi connectivity index (χ0n) is 15.5. The van der Waals surface area contributed by atoms with Gasteiger partial charge in [0.15, 0.2) is 0 Å². The molecule has 6 nitrogen and oxygen atoms in total. The number of nitrogens with zero attached hydrogens (tertiary/aromatic N) is 2. The first-order valence-corrected chi connectivity index (χ1v) is 8.87. The second-order valence-corrected chi connectivity index (χ2v) is 6.85. The Morgan fingerprint density at radius 2 is 1.77 bits per heavy atom. The minimum Gasteiger partial charge on any atom is -0.352 e. The molecule has 0 aliphatic rings. The van der Waals surface area contributed by atoms with E-state index in [2.05, 4.69) is 34.4 Å². The normalized spacial score (nSPS) is 13.1. The lowest BCUT2D eigenvalue weighted by Gasteiger charge is -2.22. The highest BCUT2D eigenvalue weighted by molar-refractivity contribution is 5.96. The zero-order chi connectivity index (χ0) is 18.9. The smallest absolute Gasteiger partial charge is 0.272 e. The van der Waals surface area contributed by atoms with Crippen molar-refractivity contribution in [3.63, 3.8) is 0 Å². The average molecular weight is 354 g/mol. The molecule has 0 aliphatic carbocycles. The van der Waals surface area contributed by atoms with Crippen LogP contribution in [-0.2, 0) is 11.2 Å². The van der Waals surface area contributed by atoms with Gasteiger partial charge in [0.25, 0.3) is 5.91 Å². The van der Waals surface area contributed by atoms with Gasteiger partial charge in [-0.2, -0.15) is 0 Å². The summed E-state index contributed by atoms with van der Waals surface area (Å²) in [4.78, 5) is 33.1. The van der Waals surface area contributed by atoms with Crippen molar-refractivity contribution >= 4 is 11.8 Å². The van der Waals surface area contributed by atoms with E-state index in [0.717, 1.165) is 12.0 Å². The van der Waals surface area contributed by atoms with Gasteiger partial charge in [-0.1, -0.05) is 44.2 Å². The van der Waals surface area contributed by atoms with Gasteiger partial charge in [-0.25, -0.2) is 4.98 Å². The number of carbonyl (C=O) groups excluding carboxylic acids is 2. The fourth-order valence-electron chi connectivity index (χ4n) is 2.82. The van der Waals surface area contributed by atoms with E-state index < -0.39 is 11.9 Å². The Balaban J connectivity index is 2.10. The third-order valence-electron chi connectivity index (χ3n) is 3.91. The number of hydrogen-bond acceptors (Lipinski definition) is 4. The van der Waals surface area contributed by atoms with Crippen LogP contribution in [0.4, 0.5) is 0 Å². The van der Waals surface area contributed by atoms with Crippen LogP contribution >= 0.6 is 0 Å². The molecule has 1 unspecified atom stereocenters. The van der Waals surface area contributed by atoms with Crippen molar-refractivity contribution in [1.82, 2.24) is 20.6 Å². The number of hydrogen-bond donors (Lipinski definition) is 2. The first kappa shape index (κ1) is 19.6. The molecule has 0 spiro atoms. The van der Waals surface area contributed by atoms with Crippen LogP contribution in [0.15, 0.2) is 48.9 Å². The molecule has 26 heavy (non-hydrogen) atoms. The summed E-state index contributed by atoms with van der Waals surface area (Å²) in [5.74, 6) is -0.128. The van der Waals surface area contributed by atoms with Crippen molar-refractivity contribution in [3.05, 3.63) is 60.2 Å². The third kappa shape index (κ3) is 6.27. The molecule has 1 aromatic carbocycles. The second-order valence-electron chi connectivity index (χ2n) is 6.85. The number of aromatic nitrogens is 2. The van der Waals surface area contributed by atoms with Crippen molar-refractivity contribution in [3.8, 4) is 0 Å². The van der Waals surface area contributed by atoms with Gasteiger partial charge in [-0.05, 0) is 24.8 Å². The first-order chi connectivity index (χ1) is 12.5. The van der Waals surface area contributed by atoms with Crippen LogP contribution in [0.25, 0.3) is 0 Å². The summed E-state index contributed by atoms with van der Waals surface area (Å²) in [6, 6.07) is 8.97. The average Bonchev–Trinajstić information content (AvgIpc) is 2.62. The minimum atomic E-state index is -0.679. The fourth-order valence-corrected chi connectivity index (χ4v) is 2.82.